The Morgan fingerprint density at radius 1 is 0.808 bits per heavy atom. The third-order valence-corrected chi connectivity index (χ3v) is 5.83. The smallest absolute Gasteiger partial charge is 0.152 e. The Kier molecular flexibility index (Phi) is 3.64. The number of anilines is 1. The number of hydrogen-bond donors (Lipinski definition) is 1. The molecule has 0 bridgehead atoms. The van der Waals surface area contributed by atoms with Gasteiger partial charge in [0.15, 0.2) is 5.70 Å². The van der Waals surface area contributed by atoms with Crippen molar-refractivity contribution in [2.45, 2.75) is 0 Å². The van der Waals surface area contributed by atoms with Gasteiger partial charge >= 0.3 is 0 Å². The first-order valence-electron chi connectivity index (χ1n) is 8.62. The van der Waals surface area contributed by atoms with Gasteiger partial charge in [-0.3, -0.25) is 0 Å². The molecular formula is C24H16NS+. The summed E-state index contributed by atoms with van der Waals surface area (Å²) in [5, 5.41) is 6.10. The molecule has 0 amide bonds. The highest BCUT2D eigenvalue weighted by molar-refractivity contribution is 7.26. The summed E-state index contributed by atoms with van der Waals surface area (Å²) >= 11 is 1.87. The van der Waals surface area contributed by atoms with E-state index in [-0.39, 0.29) is 0 Å². The molecule has 4 aromatic rings. The van der Waals surface area contributed by atoms with E-state index in [1.807, 2.05) is 35.6 Å². The minimum absolute atomic E-state index is 1.07. The Morgan fingerprint density at radius 3 is 2.50 bits per heavy atom. The van der Waals surface area contributed by atoms with Crippen LogP contribution in [0.1, 0.15) is 0 Å². The van der Waals surface area contributed by atoms with E-state index in [0.29, 0.717) is 0 Å². The van der Waals surface area contributed by atoms with Crippen molar-refractivity contribution in [1.82, 2.24) is 0 Å². The summed E-state index contributed by atoms with van der Waals surface area (Å²) in [4.78, 5) is 0. The molecular weight excluding hydrogens is 334 g/mol. The van der Waals surface area contributed by atoms with Gasteiger partial charge in [-0.25, -0.2) is 0 Å². The van der Waals surface area contributed by atoms with Gasteiger partial charge in [0.1, 0.15) is 12.2 Å². The first-order valence-corrected chi connectivity index (χ1v) is 9.44. The quantitative estimate of drug-likeness (QED) is 0.394. The van der Waals surface area contributed by atoms with Crippen LogP contribution in [-0.2, 0) is 0 Å². The average molecular weight is 350 g/mol. The molecule has 0 atom stereocenters. The second kappa shape index (κ2) is 6.27. The van der Waals surface area contributed by atoms with Crippen LogP contribution in [0.2, 0.25) is 0 Å². The minimum atomic E-state index is 1.07. The molecule has 0 fully saturated rings. The third kappa shape index (κ3) is 2.62. The molecule has 0 aliphatic heterocycles. The minimum Gasteiger partial charge on any atom is -0.333 e. The fourth-order valence-corrected chi connectivity index (χ4v) is 4.58. The van der Waals surface area contributed by atoms with E-state index in [0.717, 1.165) is 11.4 Å². The van der Waals surface area contributed by atoms with Crippen molar-refractivity contribution in [3.05, 3.63) is 103 Å². The maximum absolute atomic E-state index is 3.42. The number of rotatable bonds is 3. The molecule has 1 aliphatic carbocycles. The van der Waals surface area contributed by atoms with Gasteiger partial charge in [0, 0.05) is 31.9 Å². The molecule has 1 aliphatic rings. The SMILES string of the molecule is [C+]1=CC=C(Nc2ccc(-c3cccc4c3sc3ccccc34)cc2)C=C1. The molecule has 3 aromatic carbocycles. The van der Waals surface area contributed by atoms with Crippen LogP contribution in [-0.4, -0.2) is 0 Å². The van der Waals surface area contributed by atoms with Crippen LogP contribution in [0.25, 0.3) is 31.3 Å². The molecule has 0 saturated heterocycles. The summed E-state index contributed by atoms with van der Waals surface area (Å²) in [5.41, 5.74) is 4.70. The zero-order valence-corrected chi connectivity index (χ0v) is 14.9. The lowest BCUT2D eigenvalue weighted by molar-refractivity contribution is 1.45. The predicted octanol–water partition coefficient (Wildman–Crippen LogP) is 6.95. The number of fused-ring (bicyclic) bond motifs is 3. The molecule has 122 valence electrons. The monoisotopic (exact) mass is 350 g/mol. The van der Waals surface area contributed by atoms with Crippen LogP contribution < -0.4 is 5.32 Å². The van der Waals surface area contributed by atoms with Gasteiger partial charge in [-0.15, -0.1) is 11.3 Å². The van der Waals surface area contributed by atoms with E-state index in [4.69, 9.17) is 0 Å². The maximum atomic E-state index is 3.42. The van der Waals surface area contributed by atoms with Crippen LogP contribution >= 0.6 is 11.3 Å². The van der Waals surface area contributed by atoms with E-state index in [2.05, 4.69) is 78.1 Å². The zero-order valence-electron chi connectivity index (χ0n) is 14.1. The zero-order chi connectivity index (χ0) is 17.3. The number of benzene rings is 3. The van der Waals surface area contributed by atoms with E-state index in [1.165, 1.54) is 31.3 Å². The number of thiophene rings is 1. The molecule has 1 aromatic heterocycles. The summed E-state index contributed by atoms with van der Waals surface area (Å²) in [6, 6.07) is 23.9. The van der Waals surface area contributed by atoms with E-state index in [9.17, 15) is 0 Å². The fraction of sp³-hybridized carbons (Fsp3) is 0. The Morgan fingerprint density at radius 2 is 1.65 bits per heavy atom. The summed E-state index contributed by atoms with van der Waals surface area (Å²) in [6.07, 6.45) is 10.9. The molecule has 0 radical (unpaired) electrons. The van der Waals surface area contributed by atoms with Gasteiger partial charge in [-0.1, -0.05) is 48.5 Å². The fourth-order valence-electron chi connectivity index (χ4n) is 3.34. The second-order valence-electron chi connectivity index (χ2n) is 6.27. The number of allylic oxidation sites excluding steroid dienone is 5. The maximum Gasteiger partial charge on any atom is 0.152 e. The van der Waals surface area contributed by atoms with Crippen LogP contribution in [0, 0.1) is 6.08 Å². The van der Waals surface area contributed by atoms with Crippen molar-refractivity contribution >= 4 is 37.2 Å². The highest BCUT2D eigenvalue weighted by Gasteiger charge is 2.10. The second-order valence-corrected chi connectivity index (χ2v) is 7.32. The van der Waals surface area contributed by atoms with Gasteiger partial charge in [-0.05, 0) is 29.3 Å². The largest absolute Gasteiger partial charge is 0.333 e. The van der Waals surface area contributed by atoms with E-state index >= 15 is 0 Å². The van der Waals surface area contributed by atoms with Crippen molar-refractivity contribution in [3.63, 3.8) is 0 Å². The van der Waals surface area contributed by atoms with Gasteiger partial charge in [0.25, 0.3) is 0 Å². The lowest BCUT2D eigenvalue weighted by Gasteiger charge is -2.07. The Labute approximate surface area is 156 Å². The molecule has 1 nitrogen and oxygen atoms in total. The molecule has 1 N–H and O–H groups in total. The molecule has 0 spiro atoms. The molecule has 5 rings (SSSR count). The van der Waals surface area contributed by atoms with Crippen LogP contribution in [0.15, 0.2) is 96.7 Å². The van der Waals surface area contributed by atoms with Gasteiger partial charge in [-0.2, -0.15) is 0 Å². The van der Waals surface area contributed by atoms with Crippen LogP contribution in [0.4, 0.5) is 5.69 Å². The molecule has 2 heteroatoms. The average Bonchev–Trinajstić information content (AvgIpc) is 3.08. The highest BCUT2D eigenvalue weighted by atomic mass is 32.1. The normalized spacial score (nSPS) is 13.0. The van der Waals surface area contributed by atoms with Gasteiger partial charge in [0.2, 0.25) is 0 Å². The van der Waals surface area contributed by atoms with Crippen molar-refractivity contribution in [2.24, 2.45) is 0 Å². The van der Waals surface area contributed by atoms with Crippen LogP contribution in [0.3, 0.4) is 0 Å². The summed E-state index contributed by atoms with van der Waals surface area (Å²) < 4.78 is 2.70. The summed E-state index contributed by atoms with van der Waals surface area (Å²) in [6.45, 7) is 0. The van der Waals surface area contributed by atoms with E-state index in [1.54, 1.807) is 0 Å². The molecule has 26 heavy (non-hydrogen) atoms. The third-order valence-electron chi connectivity index (χ3n) is 4.61. The first kappa shape index (κ1) is 15.1. The number of nitrogens with one attached hydrogen (secondary N) is 1. The molecule has 0 saturated carbocycles. The van der Waals surface area contributed by atoms with Crippen molar-refractivity contribution in [3.8, 4) is 11.1 Å². The lowest BCUT2D eigenvalue weighted by Crippen LogP contribution is -1.97. The van der Waals surface area contributed by atoms with Gasteiger partial charge in [0.05, 0.1) is 12.2 Å². The first-order chi connectivity index (χ1) is 12.9. The van der Waals surface area contributed by atoms with Crippen molar-refractivity contribution < 1.29 is 0 Å². The lowest BCUT2D eigenvalue weighted by atomic mass is 10.0. The molecule has 0 unspecified atom stereocenters. The molecule has 1 heterocycles. The van der Waals surface area contributed by atoms with Crippen molar-refractivity contribution in [1.29, 1.82) is 0 Å². The van der Waals surface area contributed by atoms with Crippen LogP contribution in [0.5, 0.6) is 0 Å². The van der Waals surface area contributed by atoms with Crippen molar-refractivity contribution in [2.75, 3.05) is 5.32 Å². The summed E-state index contributed by atoms with van der Waals surface area (Å²) in [7, 11) is 0. The standard InChI is InChI=1S/C24H16NS/c1-2-7-18(8-3-1)25-19-15-13-17(14-16-19)20-10-6-11-22-21-9-4-5-12-23(21)26-24(20)22/h2-16,25H/q+1. The number of hydrogen-bond acceptors (Lipinski definition) is 2. The topological polar surface area (TPSA) is 12.0 Å². The highest BCUT2D eigenvalue weighted by Crippen LogP contribution is 2.39. The Bertz CT molecular complexity index is 1190. The van der Waals surface area contributed by atoms with Gasteiger partial charge < -0.3 is 5.32 Å². The van der Waals surface area contributed by atoms with E-state index < -0.39 is 0 Å². The predicted molar refractivity (Wildman–Crippen MR) is 113 cm³/mol. The summed E-state index contributed by atoms with van der Waals surface area (Å²) in [5.74, 6) is 0. The Hall–Kier alpha value is -3.19. The Balaban J connectivity index is 1.54.